The smallest absolute Gasteiger partial charge is 0.271 e. The van der Waals surface area contributed by atoms with Crippen molar-refractivity contribution in [1.82, 2.24) is 0 Å². The molecule has 146 valence electrons. The molecule has 0 saturated carbocycles. The van der Waals surface area contributed by atoms with Crippen LogP contribution < -0.4 is 32.0 Å². The van der Waals surface area contributed by atoms with Gasteiger partial charge < -0.3 is 11.5 Å². The molecule has 0 saturated heterocycles. The SMILES string of the molecule is CC(c1ccc(N)cc1)c1ccc(N)cc1.NS(N)(=O)=O.NS(N)(=O)=O. The van der Waals surface area contributed by atoms with E-state index in [0.717, 1.165) is 11.4 Å². The minimum Gasteiger partial charge on any atom is -0.399 e. The number of hydrogen-bond donors (Lipinski definition) is 6. The van der Waals surface area contributed by atoms with E-state index in [4.69, 9.17) is 11.5 Å². The van der Waals surface area contributed by atoms with Crippen LogP contribution in [0.2, 0.25) is 0 Å². The van der Waals surface area contributed by atoms with Gasteiger partial charge in [-0.2, -0.15) is 16.8 Å². The third-order valence-electron chi connectivity index (χ3n) is 2.87. The van der Waals surface area contributed by atoms with Crippen LogP contribution in [0.15, 0.2) is 48.5 Å². The highest BCUT2D eigenvalue weighted by Gasteiger charge is 2.07. The first-order valence-electron chi connectivity index (χ1n) is 6.98. The average Bonchev–Trinajstić information content (AvgIpc) is 2.45. The molecule has 0 aliphatic carbocycles. The van der Waals surface area contributed by atoms with E-state index in [-0.39, 0.29) is 0 Å². The molecule has 0 bridgehead atoms. The number of rotatable bonds is 2. The first-order valence-corrected chi connectivity index (χ1v) is 10.2. The van der Waals surface area contributed by atoms with Crippen LogP contribution in [0.4, 0.5) is 11.4 Å². The standard InChI is InChI=1S/C14H16N2.2H4N2O2S/c1-10(11-2-6-13(15)7-3-11)12-4-8-14(16)9-5-12;2*1-5(2,3)4/h2-10H,15-16H2,1H3;2*(H4,1,2,3,4). The van der Waals surface area contributed by atoms with Crippen LogP contribution in [-0.2, 0) is 20.4 Å². The zero-order valence-electron chi connectivity index (χ0n) is 14.1. The Morgan fingerprint density at radius 1 is 0.615 bits per heavy atom. The molecule has 0 atom stereocenters. The summed E-state index contributed by atoms with van der Waals surface area (Å²) in [5.74, 6) is 0.362. The lowest BCUT2D eigenvalue weighted by Gasteiger charge is -2.12. The maximum Gasteiger partial charge on any atom is 0.271 e. The van der Waals surface area contributed by atoms with Crippen LogP contribution in [0, 0.1) is 0 Å². The third kappa shape index (κ3) is 14.2. The summed E-state index contributed by atoms with van der Waals surface area (Å²) in [6, 6.07) is 16.0. The largest absolute Gasteiger partial charge is 0.399 e. The van der Waals surface area contributed by atoms with E-state index in [9.17, 15) is 16.8 Å². The van der Waals surface area contributed by atoms with Crippen LogP contribution in [0.1, 0.15) is 24.0 Å². The van der Waals surface area contributed by atoms with E-state index < -0.39 is 20.4 Å². The van der Waals surface area contributed by atoms with Crippen molar-refractivity contribution in [3.63, 3.8) is 0 Å². The van der Waals surface area contributed by atoms with Crippen molar-refractivity contribution >= 4 is 31.8 Å². The molecule has 10 nitrogen and oxygen atoms in total. The lowest BCUT2D eigenvalue weighted by atomic mass is 9.93. The lowest BCUT2D eigenvalue weighted by Crippen LogP contribution is -2.21. The van der Waals surface area contributed by atoms with Gasteiger partial charge in [-0.05, 0) is 35.4 Å². The van der Waals surface area contributed by atoms with Gasteiger partial charge in [0.15, 0.2) is 0 Å². The molecule has 0 fully saturated rings. The predicted molar refractivity (Wildman–Crippen MR) is 104 cm³/mol. The normalized spacial score (nSPS) is 11.0. The summed E-state index contributed by atoms with van der Waals surface area (Å²) in [6.07, 6.45) is 0. The van der Waals surface area contributed by atoms with Crippen LogP contribution in [0.25, 0.3) is 0 Å². The van der Waals surface area contributed by atoms with Gasteiger partial charge in [0.2, 0.25) is 0 Å². The molecule has 0 unspecified atom stereocenters. The van der Waals surface area contributed by atoms with Crippen LogP contribution in [-0.4, -0.2) is 16.8 Å². The van der Waals surface area contributed by atoms with Gasteiger partial charge in [-0.25, -0.2) is 20.6 Å². The molecular weight excluding hydrogens is 380 g/mol. The Balaban J connectivity index is 0.000000520. The van der Waals surface area contributed by atoms with Gasteiger partial charge >= 0.3 is 0 Å². The molecule has 12 heteroatoms. The zero-order chi connectivity index (χ0) is 20.5. The molecule has 0 aromatic heterocycles. The maximum absolute atomic E-state index is 9.19. The number of anilines is 2. The molecule has 2 aromatic carbocycles. The van der Waals surface area contributed by atoms with Crippen LogP contribution in [0.5, 0.6) is 0 Å². The number of nitrogens with two attached hydrogens (primary N) is 6. The van der Waals surface area contributed by atoms with Crippen molar-refractivity contribution in [2.75, 3.05) is 11.5 Å². The van der Waals surface area contributed by atoms with Gasteiger partial charge in [0.25, 0.3) is 20.4 Å². The number of nitrogen functional groups attached to an aromatic ring is 2. The molecular formula is C14H24N6O4S2. The topological polar surface area (TPSA) is 224 Å². The Labute approximate surface area is 153 Å². The minimum atomic E-state index is -3.67. The van der Waals surface area contributed by atoms with Crippen molar-refractivity contribution in [3.05, 3.63) is 59.7 Å². The van der Waals surface area contributed by atoms with E-state index in [1.54, 1.807) is 0 Å². The Hall–Kier alpha value is -2.22. The molecule has 0 heterocycles. The van der Waals surface area contributed by atoms with Gasteiger partial charge in [-0.3, -0.25) is 0 Å². The second-order valence-corrected chi connectivity index (χ2v) is 7.59. The maximum atomic E-state index is 9.19. The molecule has 2 rings (SSSR count). The van der Waals surface area contributed by atoms with Gasteiger partial charge in [0, 0.05) is 17.3 Å². The van der Waals surface area contributed by atoms with E-state index in [2.05, 4.69) is 51.7 Å². The molecule has 0 spiro atoms. The second kappa shape index (κ2) is 10.1. The first kappa shape index (κ1) is 23.8. The van der Waals surface area contributed by atoms with Crippen LogP contribution >= 0.6 is 0 Å². The highest BCUT2D eigenvalue weighted by Crippen LogP contribution is 2.25. The summed E-state index contributed by atoms with van der Waals surface area (Å²) in [6.45, 7) is 2.18. The second-order valence-electron chi connectivity index (χ2n) is 5.23. The highest BCUT2D eigenvalue weighted by molar-refractivity contribution is 7.87. The van der Waals surface area contributed by atoms with Gasteiger partial charge in [0.1, 0.15) is 0 Å². The van der Waals surface area contributed by atoms with Crippen molar-refractivity contribution in [3.8, 4) is 0 Å². The third-order valence-corrected chi connectivity index (χ3v) is 2.87. The van der Waals surface area contributed by atoms with Crippen LogP contribution in [0.3, 0.4) is 0 Å². The quantitative estimate of drug-likeness (QED) is 0.354. The first-order chi connectivity index (χ1) is 11.7. The summed E-state index contributed by atoms with van der Waals surface area (Å²) in [7, 11) is -7.33. The highest BCUT2D eigenvalue weighted by atomic mass is 32.2. The van der Waals surface area contributed by atoms with Gasteiger partial charge in [0.05, 0.1) is 0 Å². The van der Waals surface area contributed by atoms with Crippen molar-refractivity contribution in [2.45, 2.75) is 12.8 Å². The van der Waals surface area contributed by atoms with E-state index in [1.807, 2.05) is 24.3 Å². The molecule has 0 amide bonds. The van der Waals surface area contributed by atoms with Crippen molar-refractivity contribution in [1.29, 1.82) is 0 Å². The lowest BCUT2D eigenvalue weighted by molar-refractivity contribution is 0.597. The summed E-state index contributed by atoms with van der Waals surface area (Å²) in [5, 5.41) is 16.4. The van der Waals surface area contributed by atoms with E-state index in [1.165, 1.54) is 11.1 Å². The van der Waals surface area contributed by atoms with E-state index in [0.29, 0.717) is 5.92 Å². The Morgan fingerprint density at radius 3 is 1.00 bits per heavy atom. The summed E-state index contributed by atoms with van der Waals surface area (Å²) < 4.78 is 36.8. The summed E-state index contributed by atoms with van der Waals surface area (Å²) in [4.78, 5) is 0. The average molecular weight is 405 g/mol. The number of hydrogen-bond acceptors (Lipinski definition) is 6. The molecule has 2 aromatic rings. The molecule has 0 aliphatic heterocycles. The molecule has 0 aliphatic rings. The Morgan fingerprint density at radius 2 is 0.808 bits per heavy atom. The fourth-order valence-electron chi connectivity index (χ4n) is 1.76. The van der Waals surface area contributed by atoms with Crippen molar-refractivity contribution in [2.24, 2.45) is 20.6 Å². The van der Waals surface area contributed by atoms with Gasteiger partial charge in [-0.1, -0.05) is 31.2 Å². The monoisotopic (exact) mass is 404 g/mol. The Kier molecular flexibility index (Phi) is 9.20. The molecule has 0 radical (unpaired) electrons. The summed E-state index contributed by atoms with van der Waals surface area (Å²) in [5.41, 5.74) is 15.5. The molecule has 12 N–H and O–H groups in total. The minimum absolute atomic E-state index is 0.362. The Bertz CT molecular complexity index is 791. The fraction of sp³-hybridized carbons (Fsp3) is 0.143. The predicted octanol–water partition coefficient (Wildman–Crippen LogP) is -0.700. The van der Waals surface area contributed by atoms with Gasteiger partial charge in [-0.15, -0.1) is 0 Å². The van der Waals surface area contributed by atoms with Crippen molar-refractivity contribution < 1.29 is 16.8 Å². The molecule has 26 heavy (non-hydrogen) atoms. The zero-order valence-corrected chi connectivity index (χ0v) is 15.7. The number of benzene rings is 2. The summed E-state index contributed by atoms with van der Waals surface area (Å²) >= 11 is 0. The fourth-order valence-corrected chi connectivity index (χ4v) is 1.76. The van der Waals surface area contributed by atoms with E-state index >= 15 is 0 Å².